The zero-order valence-corrected chi connectivity index (χ0v) is 10.9. The molecule has 1 fully saturated rings. The predicted octanol–water partition coefficient (Wildman–Crippen LogP) is 4.52. The molecule has 1 saturated carbocycles. The Morgan fingerprint density at radius 3 is 2.61 bits per heavy atom. The second-order valence-electron chi connectivity index (χ2n) is 5.98. The van der Waals surface area contributed by atoms with Gasteiger partial charge in [0.15, 0.2) is 0 Å². The van der Waals surface area contributed by atoms with E-state index >= 15 is 0 Å². The third-order valence-corrected chi connectivity index (χ3v) is 4.70. The van der Waals surface area contributed by atoms with E-state index in [9.17, 15) is 4.39 Å². The molecule has 0 N–H and O–H groups in total. The summed E-state index contributed by atoms with van der Waals surface area (Å²) in [5, 5.41) is 0. The minimum absolute atomic E-state index is 0.214. The third-order valence-electron chi connectivity index (χ3n) is 4.70. The lowest BCUT2D eigenvalue weighted by atomic mass is 9.49. The molecule has 94 valence electrons. The first-order chi connectivity index (χ1) is 8.57. The minimum atomic E-state index is -0.214. The Labute approximate surface area is 107 Å². The molecule has 4 rings (SSSR count). The summed E-state index contributed by atoms with van der Waals surface area (Å²) in [6.07, 6.45) is 6.76. The fourth-order valence-corrected chi connectivity index (χ4v) is 3.22. The maximum Gasteiger partial charge on any atom is 0.123 e. The van der Waals surface area contributed by atoms with Gasteiger partial charge < -0.3 is 0 Å². The molecule has 1 unspecified atom stereocenters. The molecule has 0 heterocycles. The minimum Gasteiger partial charge on any atom is -0.257 e. The van der Waals surface area contributed by atoms with Crippen molar-refractivity contribution in [2.75, 3.05) is 0 Å². The van der Waals surface area contributed by atoms with Crippen LogP contribution in [-0.2, 0) is 0 Å². The fourth-order valence-electron chi connectivity index (χ4n) is 3.22. The number of hydrogen-bond acceptors (Lipinski definition) is 1. The van der Waals surface area contributed by atoms with Crippen LogP contribution in [0.3, 0.4) is 0 Å². The molecule has 2 heteroatoms. The van der Waals surface area contributed by atoms with Crippen molar-refractivity contribution in [2.45, 2.75) is 26.7 Å². The van der Waals surface area contributed by atoms with Gasteiger partial charge in [-0.2, -0.15) is 0 Å². The van der Waals surface area contributed by atoms with Crippen LogP contribution in [0.4, 0.5) is 10.1 Å². The Balaban J connectivity index is 1.77. The van der Waals surface area contributed by atoms with E-state index in [4.69, 9.17) is 0 Å². The molecular weight excluding hydrogens is 225 g/mol. The molecule has 0 amide bonds. The topological polar surface area (TPSA) is 12.4 Å². The van der Waals surface area contributed by atoms with Gasteiger partial charge in [0.05, 0.1) is 5.69 Å². The molecule has 0 radical (unpaired) electrons. The maximum atomic E-state index is 12.8. The van der Waals surface area contributed by atoms with E-state index in [0.717, 1.165) is 11.6 Å². The van der Waals surface area contributed by atoms with E-state index in [-0.39, 0.29) is 5.82 Å². The molecule has 1 nitrogen and oxygen atoms in total. The van der Waals surface area contributed by atoms with Crippen LogP contribution in [0, 0.1) is 23.1 Å². The molecular formula is C16H18FN. The molecule has 0 aliphatic heterocycles. The normalized spacial score (nSPS) is 28.9. The first-order valence-corrected chi connectivity index (χ1v) is 6.57. The van der Waals surface area contributed by atoms with Gasteiger partial charge in [-0.15, -0.1) is 0 Å². The van der Waals surface area contributed by atoms with Gasteiger partial charge in [-0.25, -0.2) is 4.39 Å². The van der Waals surface area contributed by atoms with E-state index < -0.39 is 0 Å². The van der Waals surface area contributed by atoms with Crippen LogP contribution >= 0.6 is 0 Å². The summed E-state index contributed by atoms with van der Waals surface area (Å²) in [5.41, 5.74) is 2.60. The molecule has 2 atom stereocenters. The van der Waals surface area contributed by atoms with E-state index in [1.165, 1.54) is 30.5 Å². The average molecular weight is 243 g/mol. The Morgan fingerprint density at radius 1 is 1.28 bits per heavy atom. The van der Waals surface area contributed by atoms with E-state index in [2.05, 4.69) is 24.9 Å². The van der Waals surface area contributed by atoms with Crippen molar-refractivity contribution in [2.24, 2.45) is 22.2 Å². The number of hydrogen-bond donors (Lipinski definition) is 0. The Kier molecular flexibility index (Phi) is 2.61. The summed E-state index contributed by atoms with van der Waals surface area (Å²) in [7, 11) is 0. The summed E-state index contributed by atoms with van der Waals surface area (Å²) in [4.78, 5) is 4.45. The molecule has 0 saturated heterocycles. The molecule has 0 spiro atoms. The monoisotopic (exact) mass is 243 g/mol. The van der Waals surface area contributed by atoms with E-state index in [1.54, 1.807) is 12.1 Å². The molecule has 3 aliphatic carbocycles. The van der Waals surface area contributed by atoms with Gasteiger partial charge in [-0.3, -0.25) is 4.99 Å². The van der Waals surface area contributed by atoms with Crippen LogP contribution in [0.15, 0.2) is 40.9 Å². The number of allylic oxidation sites excluding steroid dienone is 2. The van der Waals surface area contributed by atoms with Gasteiger partial charge in [0.2, 0.25) is 0 Å². The van der Waals surface area contributed by atoms with Crippen molar-refractivity contribution in [3.05, 3.63) is 41.7 Å². The van der Waals surface area contributed by atoms with Gasteiger partial charge in [-0.1, -0.05) is 19.9 Å². The summed E-state index contributed by atoms with van der Waals surface area (Å²) < 4.78 is 12.8. The van der Waals surface area contributed by atoms with Crippen LogP contribution in [0.5, 0.6) is 0 Å². The Hall–Kier alpha value is -1.44. The van der Waals surface area contributed by atoms with Crippen molar-refractivity contribution in [1.82, 2.24) is 0 Å². The largest absolute Gasteiger partial charge is 0.257 e. The van der Waals surface area contributed by atoms with Crippen molar-refractivity contribution < 1.29 is 4.39 Å². The first kappa shape index (κ1) is 11.6. The SMILES string of the molecule is CC1(C)C2CC=C(C=Nc3ccc(F)cc3)[C@@H]1C2. The second-order valence-corrected chi connectivity index (χ2v) is 5.98. The highest BCUT2D eigenvalue weighted by atomic mass is 19.1. The molecule has 2 bridgehead atoms. The summed E-state index contributed by atoms with van der Waals surface area (Å²) in [6.45, 7) is 4.70. The number of fused-ring (bicyclic) bond motifs is 1. The van der Waals surface area contributed by atoms with E-state index in [0.29, 0.717) is 11.3 Å². The smallest absolute Gasteiger partial charge is 0.123 e. The number of halogens is 1. The zero-order valence-electron chi connectivity index (χ0n) is 10.9. The zero-order chi connectivity index (χ0) is 12.8. The van der Waals surface area contributed by atoms with Gasteiger partial charge in [-0.05, 0) is 59.9 Å². The lowest BCUT2D eigenvalue weighted by Gasteiger charge is -2.55. The van der Waals surface area contributed by atoms with Crippen molar-refractivity contribution in [3.63, 3.8) is 0 Å². The van der Waals surface area contributed by atoms with Gasteiger partial charge >= 0.3 is 0 Å². The maximum absolute atomic E-state index is 12.8. The number of aliphatic imine (C=N–C) groups is 1. The molecule has 1 aromatic rings. The van der Waals surface area contributed by atoms with Crippen LogP contribution in [0.25, 0.3) is 0 Å². The summed E-state index contributed by atoms with van der Waals surface area (Å²) in [5.74, 6) is 1.29. The highest BCUT2D eigenvalue weighted by molar-refractivity contribution is 5.82. The average Bonchev–Trinajstić information content (AvgIpc) is 2.38. The number of rotatable bonds is 2. The van der Waals surface area contributed by atoms with Gasteiger partial charge in [0, 0.05) is 6.21 Å². The van der Waals surface area contributed by atoms with Crippen LogP contribution in [-0.4, -0.2) is 6.21 Å². The molecule has 3 aliphatic rings. The van der Waals surface area contributed by atoms with Gasteiger partial charge in [0.1, 0.15) is 5.82 Å². The lowest BCUT2D eigenvalue weighted by Crippen LogP contribution is -2.48. The number of nitrogens with zero attached hydrogens (tertiary/aromatic N) is 1. The van der Waals surface area contributed by atoms with Crippen LogP contribution in [0.1, 0.15) is 26.7 Å². The predicted molar refractivity (Wildman–Crippen MR) is 72.6 cm³/mol. The highest BCUT2D eigenvalue weighted by Crippen LogP contribution is 2.58. The summed E-state index contributed by atoms with van der Waals surface area (Å²) in [6, 6.07) is 6.32. The summed E-state index contributed by atoms with van der Waals surface area (Å²) >= 11 is 0. The Bertz CT molecular complexity index is 510. The quantitative estimate of drug-likeness (QED) is 0.677. The molecule has 0 aromatic heterocycles. The van der Waals surface area contributed by atoms with Crippen molar-refractivity contribution in [1.29, 1.82) is 0 Å². The molecule has 18 heavy (non-hydrogen) atoms. The standard InChI is InChI=1S/C16H18FN/c1-16(2)12-4-3-11(15(16)9-12)10-18-14-7-5-13(17)6-8-14/h3,5-8,10,12,15H,4,9H2,1-2H3/t12?,15-/m0/s1. The fraction of sp³-hybridized carbons (Fsp3) is 0.438. The lowest BCUT2D eigenvalue weighted by molar-refractivity contribution is -0.00123. The Morgan fingerprint density at radius 2 is 2.00 bits per heavy atom. The number of benzene rings is 1. The van der Waals surface area contributed by atoms with Crippen LogP contribution in [0.2, 0.25) is 0 Å². The van der Waals surface area contributed by atoms with Crippen LogP contribution < -0.4 is 0 Å². The van der Waals surface area contributed by atoms with Crippen molar-refractivity contribution >= 4 is 11.9 Å². The molecule has 1 aromatic carbocycles. The second kappa shape index (κ2) is 4.04. The first-order valence-electron chi connectivity index (χ1n) is 6.57. The van der Waals surface area contributed by atoms with E-state index in [1.807, 2.05) is 6.21 Å². The highest BCUT2D eigenvalue weighted by Gasteiger charge is 2.50. The van der Waals surface area contributed by atoms with Crippen molar-refractivity contribution in [3.8, 4) is 0 Å². The third kappa shape index (κ3) is 1.80. The van der Waals surface area contributed by atoms with Gasteiger partial charge in [0.25, 0.3) is 0 Å².